The number of carbonyl (C=O) groups is 1. The number of rotatable bonds is 7. The maximum atomic E-state index is 11.6. The van der Waals surface area contributed by atoms with Gasteiger partial charge < -0.3 is 20.3 Å². The second-order valence-corrected chi connectivity index (χ2v) is 7.77. The highest BCUT2D eigenvalue weighted by Crippen LogP contribution is 2.36. The van der Waals surface area contributed by atoms with E-state index in [1.54, 1.807) is 0 Å². The second kappa shape index (κ2) is 10.3. The standard InChI is InChI=1S/C22H34N4O2/c1-3-23-21(27)16-28-20-11-7-8-17(12-20)13-25-22(24-4-2)26-14-18-9-5-6-10-19(18)15-26/h7-8,11-12,18-19H,3-6,9-10,13-16H2,1-2H3,(H,23,27)(H,24,25). The van der Waals surface area contributed by atoms with E-state index in [1.807, 2.05) is 25.1 Å². The highest BCUT2D eigenvalue weighted by molar-refractivity contribution is 5.80. The molecule has 2 unspecified atom stereocenters. The normalized spacial score (nSPS) is 21.9. The van der Waals surface area contributed by atoms with Gasteiger partial charge >= 0.3 is 0 Å². The molecule has 1 aliphatic carbocycles. The van der Waals surface area contributed by atoms with E-state index < -0.39 is 0 Å². The van der Waals surface area contributed by atoms with Gasteiger partial charge in [-0.2, -0.15) is 0 Å². The number of nitrogens with zero attached hydrogens (tertiary/aromatic N) is 2. The minimum atomic E-state index is -0.101. The highest BCUT2D eigenvalue weighted by atomic mass is 16.5. The quantitative estimate of drug-likeness (QED) is 0.559. The first-order chi connectivity index (χ1) is 13.7. The average Bonchev–Trinajstić information content (AvgIpc) is 3.14. The smallest absolute Gasteiger partial charge is 0.257 e. The van der Waals surface area contributed by atoms with Gasteiger partial charge in [-0.05, 0) is 56.2 Å². The summed E-state index contributed by atoms with van der Waals surface area (Å²) in [7, 11) is 0. The van der Waals surface area contributed by atoms with Gasteiger partial charge in [0, 0.05) is 26.2 Å². The predicted molar refractivity (Wildman–Crippen MR) is 112 cm³/mol. The molecule has 0 spiro atoms. The number of likely N-dealkylation sites (tertiary alicyclic amines) is 1. The Balaban J connectivity index is 1.60. The van der Waals surface area contributed by atoms with Gasteiger partial charge in [-0.15, -0.1) is 0 Å². The van der Waals surface area contributed by atoms with Crippen molar-refractivity contribution in [1.82, 2.24) is 15.5 Å². The number of guanidine groups is 1. The largest absolute Gasteiger partial charge is 0.484 e. The topological polar surface area (TPSA) is 66.0 Å². The van der Waals surface area contributed by atoms with Gasteiger partial charge in [0.25, 0.3) is 5.91 Å². The maximum absolute atomic E-state index is 11.6. The molecule has 1 saturated heterocycles. The van der Waals surface area contributed by atoms with Crippen molar-refractivity contribution in [2.24, 2.45) is 16.8 Å². The first kappa shape index (κ1) is 20.5. The molecular weight excluding hydrogens is 352 g/mol. The molecule has 1 amide bonds. The van der Waals surface area contributed by atoms with Gasteiger partial charge in [0.15, 0.2) is 12.6 Å². The van der Waals surface area contributed by atoms with E-state index in [9.17, 15) is 4.79 Å². The van der Waals surface area contributed by atoms with Crippen LogP contribution in [-0.4, -0.2) is 49.6 Å². The van der Waals surface area contributed by atoms with Crippen molar-refractivity contribution < 1.29 is 9.53 Å². The van der Waals surface area contributed by atoms with Crippen molar-refractivity contribution in [2.45, 2.75) is 46.1 Å². The number of hydrogen-bond acceptors (Lipinski definition) is 3. The summed E-state index contributed by atoms with van der Waals surface area (Å²) < 4.78 is 5.59. The third-order valence-electron chi connectivity index (χ3n) is 5.66. The molecule has 6 heteroatoms. The lowest BCUT2D eigenvalue weighted by atomic mass is 9.82. The zero-order valence-electron chi connectivity index (χ0n) is 17.2. The van der Waals surface area contributed by atoms with E-state index >= 15 is 0 Å². The van der Waals surface area contributed by atoms with Crippen molar-refractivity contribution in [1.29, 1.82) is 0 Å². The molecule has 1 saturated carbocycles. The molecule has 2 aliphatic rings. The number of nitrogens with one attached hydrogen (secondary N) is 2. The van der Waals surface area contributed by atoms with Gasteiger partial charge in [0.05, 0.1) is 6.54 Å². The third-order valence-corrected chi connectivity index (χ3v) is 5.66. The summed E-state index contributed by atoms with van der Waals surface area (Å²) in [6, 6.07) is 7.85. The molecule has 0 radical (unpaired) electrons. The van der Waals surface area contributed by atoms with Gasteiger partial charge in [0.2, 0.25) is 0 Å². The SMILES string of the molecule is CCNC(=O)COc1cccc(CN=C(NCC)N2CC3CCCCC3C2)c1. The Kier molecular flexibility index (Phi) is 7.57. The molecule has 2 N–H and O–H groups in total. The van der Waals surface area contributed by atoms with E-state index in [0.717, 1.165) is 43.0 Å². The van der Waals surface area contributed by atoms with Crippen LogP contribution in [-0.2, 0) is 11.3 Å². The van der Waals surface area contributed by atoms with Gasteiger partial charge in [-0.25, -0.2) is 4.99 Å². The van der Waals surface area contributed by atoms with E-state index in [1.165, 1.54) is 25.7 Å². The number of hydrogen-bond donors (Lipinski definition) is 2. The lowest BCUT2D eigenvalue weighted by molar-refractivity contribution is -0.122. The first-order valence-electron chi connectivity index (χ1n) is 10.7. The molecule has 1 aromatic rings. The molecule has 154 valence electrons. The molecule has 3 rings (SSSR count). The molecule has 28 heavy (non-hydrogen) atoms. The Morgan fingerprint density at radius 3 is 2.54 bits per heavy atom. The van der Waals surface area contributed by atoms with E-state index in [2.05, 4.69) is 28.5 Å². The lowest BCUT2D eigenvalue weighted by Crippen LogP contribution is -2.40. The molecular formula is C22H34N4O2. The number of ether oxygens (including phenoxy) is 1. The average molecular weight is 387 g/mol. The molecule has 1 aliphatic heterocycles. The summed E-state index contributed by atoms with van der Waals surface area (Å²) in [5, 5.41) is 6.20. The van der Waals surface area contributed by atoms with Crippen LogP contribution in [0.3, 0.4) is 0 Å². The molecule has 1 heterocycles. The van der Waals surface area contributed by atoms with Crippen LogP contribution in [0.25, 0.3) is 0 Å². The first-order valence-corrected chi connectivity index (χ1v) is 10.7. The Hall–Kier alpha value is -2.24. The van der Waals surface area contributed by atoms with Crippen LogP contribution in [0.1, 0.15) is 45.1 Å². The van der Waals surface area contributed by atoms with Crippen LogP contribution in [0.5, 0.6) is 5.75 Å². The van der Waals surface area contributed by atoms with Crippen molar-refractivity contribution in [3.63, 3.8) is 0 Å². The van der Waals surface area contributed by atoms with Crippen molar-refractivity contribution in [3.05, 3.63) is 29.8 Å². The monoisotopic (exact) mass is 386 g/mol. The number of carbonyl (C=O) groups excluding carboxylic acids is 1. The fraction of sp³-hybridized carbons (Fsp3) is 0.636. The van der Waals surface area contributed by atoms with Crippen molar-refractivity contribution in [2.75, 3.05) is 32.8 Å². The third kappa shape index (κ3) is 5.63. The number of likely N-dealkylation sites (N-methyl/N-ethyl adjacent to an activating group) is 1. The highest BCUT2D eigenvalue weighted by Gasteiger charge is 2.35. The fourth-order valence-corrected chi connectivity index (χ4v) is 4.30. The minimum Gasteiger partial charge on any atom is -0.484 e. The summed E-state index contributed by atoms with van der Waals surface area (Å²) in [6.07, 6.45) is 5.49. The number of aliphatic imine (C=N–C) groups is 1. The molecule has 2 atom stereocenters. The van der Waals surface area contributed by atoms with Crippen LogP contribution in [0.2, 0.25) is 0 Å². The van der Waals surface area contributed by atoms with Crippen LogP contribution < -0.4 is 15.4 Å². The zero-order chi connectivity index (χ0) is 19.8. The zero-order valence-corrected chi connectivity index (χ0v) is 17.2. The summed E-state index contributed by atoms with van der Waals surface area (Å²) in [5.74, 6) is 3.30. The summed E-state index contributed by atoms with van der Waals surface area (Å²) in [4.78, 5) is 18.9. The lowest BCUT2D eigenvalue weighted by Gasteiger charge is -2.22. The Labute approximate surface area is 168 Å². The summed E-state index contributed by atoms with van der Waals surface area (Å²) >= 11 is 0. The van der Waals surface area contributed by atoms with Crippen LogP contribution in [0.4, 0.5) is 0 Å². The predicted octanol–water partition coefficient (Wildman–Crippen LogP) is 2.79. The number of amides is 1. The summed E-state index contributed by atoms with van der Waals surface area (Å²) in [6.45, 7) is 8.41. The van der Waals surface area contributed by atoms with E-state index in [0.29, 0.717) is 18.8 Å². The molecule has 6 nitrogen and oxygen atoms in total. The maximum Gasteiger partial charge on any atom is 0.257 e. The molecule has 2 fully saturated rings. The van der Waals surface area contributed by atoms with Gasteiger partial charge in [-0.3, -0.25) is 4.79 Å². The Morgan fingerprint density at radius 2 is 1.86 bits per heavy atom. The van der Waals surface area contributed by atoms with Gasteiger partial charge in [0.1, 0.15) is 5.75 Å². The molecule has 0 bridgehead atoms. The number of fused-ring (bicyclic) bond motifs is 1. The minimum absolute atomic E-state index is 0.0414. The summed E-state index contributed by atoms with van der Waals surface area (Å²) in [5.41, 5.74) is 1.08. The van der Waals surface area contributed by atoms with Crippen molar-refractivity contribution >= 4 is 11.9 Å². The molecule has 0 aromatic heterocycles. The van der Waals surface area contributed by atoms with Gasteiger partial charge in [-0.1, -0.05) is 25.0 Å². The van der Waals surface area contributed by atoms with Crippen LogP contribution in [0.15, 0.2) is 29.3 Å². The van der Waals surface area contributed by atoms with E-state index in [-0.39, 0.29) is 12.5 Å². The Bertz CT molecular complexity index is 662. The number of benzene rings is 1. The second-order valence-electron chi connectivity index (χ2n) is 7.77. The fourth-order valence-electron chi connectivity index (χ4n) is 4.30. The Morgan fingerprint density at radius 1 is 1.14 bits per heavy atom. The van der Waals surface area contributed by atoms with Crippen LogP contribution in [0, 0.1) is 11.8 Å². The molecule has 1 aromatic carbocycles. The van der Waals surface area contributed by atoms with Crippen molar-refractivity contribution in [3.8, 4) is 5.75 Å². The van der Waals surface area contributed by atoms with Crippen LogP contribution >= 0.6 is 0 Å². The van der Waals surface area contributed by atoms with E-state index in [4.69, 9.17) is 9.73 Å².